The number of aromatic nitrogens is 1. The SMILES string of the molecule is Cc1nc(C)c(C(=O)NCC(C)Cl)o1. The summed E-state index contributed by atoms with van der Waals surface area (Å²) in [6.07, 6.45) is 0. The normalized spacial score (nSPS) is 12.6. The summed E-state index contributed by atoms with van der Waals surface area (Å²) >= 11 is 5.69. The molecule has 0 aliphatic rings. The molecule has 4 nitrogen and oxygen atoms in total. The Morgan fingerprint density at radius 1 is 1.64 bits per heavy atom. The Morgan fingerprint density at radius 3 is 2.71 bits per heavy atom. The van der Waals surface area contributed by atoms with Crippen LogP contribution >= 0.6 is 11.6 Å². The second-order valence-electron chi connectivity index (χ2n) is 3.14. The van der Waals surface area contributed by atoms with Gasteiger partial charge < -0.3 is 9.73 Å². The highest BCUT2D eigenvalue weighted by atomic mass is 35.5. The molecule has 1 aromatic heterocycles. The molecule has 1 unspecified atom stereocenters. The van der Waals surface area contributed by atoms with E-state index in [1.807, 2.05) is 0 Å². The fraction of sp³-hybridized carbons (Fsp3) is 0.556. The van der Waals surface area contributed by atoms with Crippen LogP contribution in [0.1, 0.15) is 29.1 Å². The minimum Gasteiger partial charge on any atom is -0.436 e. The first-order chi connectivity index (χ1) is 6.50. The summed E-state index contributed by atoms with van der Waals surface area (Å²) in [5.41, 5.74) is 0.599. The Labute approximate surface area is 87.6 Å². The third-order valence-corrected chi connectivity index (χ3v) is 1.81. The molecular weight excluding hydrogens is 204 g/mol. The van der Waals surface area contributed by atoms with Gasteiger partial charge in [0.1, 0.15) is 0 Å². The van der Waals surface area contributed by atoms with Crippen LogP contribution < -0.4 is 5.32 Å². The van der Waals surface area contributed by atoms with Gasteiger partial charge in [0.25, 0.3) is 5.91 Å². The van der Waals surface area contributed by atoms with Gasteiger partial charge in [-0.3, -0.25) is 4.79 Å². The highest BCUT2D eigenvalue weighted by Gasteiger charge is 2.15. The number of carbonyl (C=O) groups is 1. The van der Waals surface area contributed by atoms with Crippen molar-refractivity contribution in [3.63, 3.8) is 0 Å². The Bertz CT molecular complexity index is 334. The van der Waals surface area contributed by atoms with E-state index in [1.165, 1.54) is 0 Å². The molecule has 0 saturated heterocycles. The predicted octanol–water partition coefficient (Wildman–Crippen LogP) is 1.65. The molecule has 5 heteroatoms. The van der Waals surface area contributed by atoms with Crippen LogP contribution in [0, 0.1) is 13.8 Å². The summed E-state index contributed by atoms with van der Waals surface area (Å²) in [6, 6.07) is 0. The zero-order valence-electron chi connectivity index (χ0n) is 8.43. The first-order valence-electron chi connectivity index (χ1n) is 4.37. The van der Waals surface area contributed by atoms with Gasteiger partial charge in [0.2, 0.25) is 5.76 Å². The number of amides is 1. The maximum Gasteiger partial charge on any atom is 0.289 e. The van der Waals surface area contributed by atoms with Crippen LogP contribution in [0.25, 0.3) is 0 Å². The zero-order chi connectivity index (χ0) is 10.7. The predicted molar refractivity (Wildman–Crippen MR) is 53.6 cm³/mol. The summed E-state index contributed by atoms with van der Waals surface area (Å²) in [4.78, 5) is 15.5. The average molecular weight is 217 g/mol. The third kappa shape index (κ3) is 2.73. The lowest BCUT2D eigenvalue weighted by Crippen LogP contribution is -2.28. The number of rotatable bonds is 3. The lowest BCUT2D eigenvalue weighted by molar-refractivity contribution is 0.0924. The van der Waals surface area contributed by atoms with Gasteiger partial charge in [-0.05, 0) is 13.8 Å². The Morgan fingerprint density at radius 2 is 2.29 bits per heavy atom. The van der Waals surface area contributed by atoms with Crippen LogP contribution in [-0.4, -0.2) is 22.8 Å². The zero-order valence-corrected chi connectivity index (χ0v) is 9.18. The average Bonchev–Trinajstić information content (AvgIpc) is 2.41. The molecule has 1 amide bonds. The molecule has 0 saturated carbocycles. The minimum atomic E-state index is -0.268. The summed E-state index contributed by atoms with van der Waals surface area (Å²) in [5, 5.41) is 2.55. The van der Waals surface area contributed by atoms with E-state index in [1.54, 1.807) is 20.8 Å². The number of nitrogens with one attached hydrogen (secondary N) is 1. The number of hydrogen-bond donors (Lipinski definition) is 1. The molecule has 0 bridgehead atoms. The maximum atomic E-state index is 11.5. The van der Waals surface area contributed by atoms with E-state index in [-0.39, 0.29) is 17.0 Å². The van der Waals surface area contributed by atoms with Gasteiger partial charge in [0, 0.05) is 18.8 Å². The molecule has 1 heterocycles. The van der Waals surface area contributed by atoms with Gasteiger partial charge in [-0.15, -0.1) is 11.6 Å². The highest BCUT2D eigenvalue weighted by Crippen LogP contribution is 2.08. The summed E-state index contributed by atoms with van der Waals surface area (Å²) < 4.78 is 5.14. The first-order valence-corrected chi connectivity index (χ1v) is 4.80. The van der Waals surface area contributed by atoms with Gasteiger partial charge in [-0.2, -0.15) is 0 Å². The van der Waals surface area contributed by atoms with Crippen LogP contribution in [0.15, 0.2) is 4.42 Å². The molecule has 1 atom stereocenters. The van der Waals surface area contributed by atoms with Crippen LogP contribution in [0.2, 0.25) is 0 Å². The minimum absolute atomic E-state index is 0.0942. The monoisotopic (exact) mass is 216 g/mol. The molecule has 0 fully saturated rings. The van der Waals surface area contributed by atoms with E-state index in [0.29, 0.717) is 18.1 Å². The van der Waals surface area contributed by atoms with Crippen molar-refractivity contribution in [3.8, 4) is 0 Å². The number of oxazole rings is 1. The second kappa shape index (κ2) is 4.46. The molecule has 0 aliphatic heterocycles. The summed E-state index contributed by atoms with van der Waals surface area (Å²) in [6.45, 7) is 5.66. The van der Waals surface area contributed by atoms with Gasteiger partial charge >= 0.3 is 0 Å². The Balaban J connectivity index is 2.65. The van der Waals surface area contributed by atoms with E-state index < -0.39 is 0 Å². The molecule has 0 aliphatic carbocycles. The molecule has 1 aromatic rings. The number of carbonyl (C=O) groups excluding carboxylic acids is 1. The van der Waals surface area contributed by atoms with Crippen molar-refractivity contribution in [2.24, 2.45) is 0 Å². The fourth-order valence-corrected chi connectivity index (χ4v) is 1.13. The number of hydrogen-bond acceptors (Lipinski definition) is 3. The van der Waals surface area contributed by atoms with Crippen molar-refractivity contribution in [3.05, 3.63) is 17.3 Å². The van der Waals surface area contributed by atoms with Crippen LogP contribution in [0.5, 0.6) is 0 Å². The fourth-order valence-electron chi connectivity index (χ4n) is 1.06. The van der Waals surface area contributed by atoms with E-state index >= 15 is 0 Å². The Kier molecular flexibility index (Phi) is 3.52. The molecule has 1 N–H and O–H groups in total. The van der Waals surface area contributed by atoms with Crippen molar-refractivity contribution < 1.29 is 9.21 Å². The number of aryl methyl sites for hydroxylation is 2. The van der Waals surface area contributed by atoms with Gasteiger partial charge in [-0.1, -0.05) is 0 Å². The van der Waals surface area contributed by atoms with E-state index in [9.17, 15) is 4.79 Å². The lowest BCUT2D eigenvalue weighted by Gasteiger charge is -2.03. The standard InChI is InChI=1S/C9H13ClN2O2/c1-5(10)4-11-9(13)8-6(2)12-7(3)14-8/h5H,4H2,1-3H3,(H,11,13). The van der Waals surface area contributed by atoms with Crippen molar-refractivity contribution >= 4 is 17.5 Å². The molecule has 14 heavy (non-hydrogen) atoms. The topological polar surface area (TPSA) is 55.1 Å². The molecule has 0 spiro atoms. The van der Waals surface area contributed by atoms with Crippen LogP contribution in [-0.2, 0) is 0 Å². The largest absolute Gasteiger partial charge is 0.436 e. The lowest BCUT2D eigenvalue weighted by atomic mass is 10.3. The van der Waals surface area contributed by atoms with Crippen molar-refractivity contribution in [2.45, 2.75) is 26.1 Å². The quantitative estimate of drug-likeness (QED) is 0.782. The molecule has 0 aromatic carbocycles. The van der Waals surface area contributed by atoms with Gasteiger partial charge in [0.15, 0.2) is 5.89 Å². The maximum absolute atomic E-state index is 11.5. The first kappa shape index (κ1) is 11.0. The van der Waals surface area contributed by atoms with Crippen molar-refractivity contribution in [1.82, 2.24) is 10.3 Å². The molecule has 78 valence electrons. The van der Waals surface area contributed by atoms with E-state index in [2.05, 4.69) is 10.3 Å². The van der Waals surface area contributed by atoms with E-state index in [0.717, 1.165) is 0 Å². The summed E-state index contributed by atoms with van der Waals surface area (Å²) in [5.74, 6) is 0.488. The number of halogens is 1. The van der Waals surface area contributed by atoms with Crippen LogP contribution in [0.4, 0.5) is 0 Å². The second-order valence-corrected chi connectivity index (χ2v) is 3.88. The molecular formula is C9H13ClN2O2. The molecule has 0 radical (unpaired) electrons. The number of alkyl halides is 1. The highest BCUT2D eigenvalue weighted by molar-refractivity contribution is 6.20. The van der Waals surface area contributed by atoms with E-state index in [4.69, 9.17) is 16.0 Å². The smallest absolute Gasteiger partial charge is 0.289 e. The summed E-state index contributed by atoms with van der Waals surface area (Å²) in [7, 11) is 0. The van der Waals surface area contributed by atoms with Crippen molar-refractivity contribution in [2.75, 3.05) is 6.54 Å². The molecule has 1 rings (SSSR count). The number of nitrogens with zero attached hydrogens (tertiary/aromatic N) is 1. The third-order valence-electron chi connectivity index (χ3n) is 1.65. The van der Waals surface area contributed by atoms with Crippen molar-refractivity contribution in [1.29, 1.82) is 0 Å². The van der Waals surface area contributed by atoms with Gasteiger partial charge in [-0.25, -0.2) is 4.98 Å². The van der Waals surface area contributed by atoms with Gasteiger partial charge in [0.05, 0.1) is 5.69 Å². The Hall–Kier alpha value is -1.03. The van der Waals surface area contributed by atoms with Crippen LogP contribution in [0.3, 0.4) is 0 Å².